The van der Waals surface area contributed by atoms with E-state index in [1.807, 2.05) is 44.2 Å². The molecule has 0 atom stereocenters. The third-order valence-corrected chi connectivity index (χ3v) is 4.56. The summed E-state index contributed by atoms with van der Waals surface area (Å²) >= 11 is 0. The first-order valence-corrected chi connectivity index (χ1v) is 9.40. The Morgan fingerprint density at radius 3 is 2.50 bits per heavy atom. The number of nitrogens with zero attached hydrogens (tertiary/aromatic N) is 4. The van der Waals surface area contributed by atoms with Crippen molar-refractivity contribution in [2.75, 3.05) is 51.8 Å². The van der Waals surface area contributed by atoms with Gasteiger partial charge in [-0.3, -0.25) is 14.5 Å². The molecule has 1 aromatic heterocycles. The van der Waals surface area contributed by atoms with Crippen molar-refractivity contribution < 1.29 is 14.3 Å². The largest absolute Gasteiger partial charge is 0.378 e. The number of ether oxygens (including phenoxy) is 1. The van der Waals surface area contributed by atoms with Gasteiger partial charge in [0.1, 0.15) is 5.82 Å². The van der Waals surface area contributed by atoms with E-state index in [0.717, 1.165) is 16.9 Å². The smallest absolute Gasteiger partial charge is 0.239 e. The number of aryl methyl sites for hydroxylation is 2. The first-order valence-electron chi connectivity index (χ1n) is 9.40. The lowest BCUT2D eigenvalue weighted by atomic mass is 10.2. The zero-order chi connectivity index (χ0) is 20.1. The molecule has 1 aliphatic heterocycles. The number of carbonyl (C=O) groups is 2. The van der Waals surface area contributed by atoms with Gasteiger partial charge in [0.2, 0.25) is 11.8 Å². The molecular weight excluding hydrogens is 358 g/mol. The van der Waals surface area contributed by atoms with Gasteiger partial charge in [0.25, 0.3) is 0 Å². The van der Waals surface area contributed by atoms with Crippen molar-refractivity contribution >= 4 is 17.6 Å². The quantitative estimate of drug-likeness (QED) is 0.809. The maximum Gasteiger partial charge on any atom is 0.239 e. The fourth-order valence-corrected chi connectivity index (χ4v) is 3.10. The van der Waals surface area contributed by atoms with Crippen molar-refractivity contribution in [3.63, 3.8) is 0 Å². The Morgan fingerprint density at radius 2 is 1.82 bits per heavy atom. The summed E-state index contributed by atoms with van der Waals surface area (Å²) in [5.41, 5.74) is 2.85. The van der Waals surface area contributed by atoms with Gasteiger partial charge in [-0.1, -0.05) is 17.7 Å². The molecule has 3 rings (SSSR count). The van der Waals surface area contributed by atoms with Crippen LogP contribution in [0, 0.1) is 13.8 Å². The number of likely N-dealkylation sites (N-methyl/N-ethyl adjacent to an activating group) is 1. The Morgan fingerprint density at radius 1 is 1.14 bits per heavy atom. The van der Waals surface area contributed by atoms with E-state index in [4.69, 9.17) is 4.74 Å². The molecule has 0 aliphatic carbocycles. The maximum absolute atomic E-state index is 12.5. The van der Waals surface area contributed by atoms with Gasteiger partial charge in [-0.15, -0.1) is 0 Å². The van der Waals surface area contributed by atoms with Gasteiger partial charge in [-0.25, -0.2) is 4.68 Å². The number of carbonyl (C=O) groups excluding carboxylic acids is 2. The third-order valence-electron chi connectivity index (χ3n) is 4.56. The Kier molecular flexibility index (Phi) is 6.43. The normalized spacial score (nSPS) is 14.4. The van der Waals surface area contributed by atoms with Gasteiger partial charge in [-0.2, -0.15) is 5.10 Å². The highest BCUT2D eigenvalue weighted by Gasteiger charge is 2.19. The standard InChI is InChI=1S/C20H27N5O3/c1-15-4-6-17(7-5-15)25-18(12-16(2)22-25)21-19(26)13-23(3)14-20(27)24-8-10-28-11-9-24/h4-7,12H,8-11,13-14H2,1-3H3,(H,21,26). The van der Waals surface area contributed by atoms with Gasteiger partial charge in [-0.05, 0) is 33.0 Å². The molecule has 0 saturated carbocycles. The first kappa shape index (κ1) is 20.0. The summed E-state index contributed by atoms with van der Waals surface area (Å²) in [7, 11) is 1.76. The van der Waals surface area contributed by atoms with Crippen LogP contribution in [0.1, 0.15) is 11.3 Å². The number of aromatic nitrogens is 2. The number of rotatable bonds is 6. The fourth-order valence-electron chi connectivity index (χ4n) is 3.10. The summed E-state index contributed by atoms with van der Waals surface area (Å²) in [5.74, 6) is 0.434. The van der Waals surface area contributed by atoms with Crippen molar-refractivity contribution in [1.82, 2.24) is 19.6 Å². The highest BCUT2D eigenvalue weighted by molar-refractivity contribution is 5.92. The SMILES string of the molecule is Cc1ccc(-n2nc(C)cc2NC(=O)CN(C)CC(=O)N2CCOCC2)cc1. The number of nitrogens with one attached hydrogen (secondary N) is 1. The third kappa shape index (κ3) is 5.17. The minimum absolute atomic E-state index is 0.0131. The van der Waals surface area contributed by atoms with E-state index in [-0.39, 0.29) is 24.9 Å². The minimum Gasteiger partial charge on any atom is -0.378 e. The molecule has 2 aromatic rings. The number of hydrogen-bond donors (Lipinski definition) is 1. The van der Waals surface area contributed by atoms with Gasteiger partial charge >= 0.3 is 0 Å². The number of benzene rings is 1. The predicted molar refractivity (Wildman–Crippen MR) is 107 cm³/mol. The van der Waals surface area contributed by atoms with Crippen molar-refractivity contribution in [2.45, 2.75) is 13.8 Å². The molecule has 0 bridgehead atoms. The molecule has 8 nitrogen and oxygen atoms in total. The molecule has 0 unspecified atom stereocenters. The van der Waals surface area contributed by atoms with Crippen LogP contribution in [-0.4, -0.2) is 77.8 Å². The molecule has 28 heavy (non-hydrogen) atoms. The molecule has 0 radical (unpaired) electrons. The lowest BCUT2D eigenvalue weighted by molar-refractivity contribution is -0.136. The van der Waals surface area contributed by atoms with Crippen LogP contribution in [0.15, 0.2) is 30.3 Å². The van der Waals surface area contributed by atoms with Crippen molar-refractivity contribution in [3.8, 4) is 5.69 Å². The molecular formula is C20H27N5O3. The summed E-state index contributed by atoms with van der Waals surface area (Å²) in [6.07, 6.45) is 0. The molecule has 0 spiro atoms. The number of hydrogen-bond acceptors (Lipinski definition) is 5. The lowest BCUT2D eigenvalue weighted by Crippen LogP contribution is -2.46. The summed E-state index contributed by atoms with van der Waals surface area (Å²) in [6, 6.07) is 9.76. The van der Waals surface area contributed by atoms with E-state index in [1.165, 1.54) is 0 Å². The van der Waals surface area contributed by atoms with Crippen LogP contribution in [-0.2, 0) is 14.3 Å². The highest BCUT2D eigenvalue weighted by atomic mass is 16.5. The molecule has 2 amide bonds. The van der Waals surface area contributed by atoms with E-state index < -0.39 is 0 Å². The molecule has 1 saturated heterocycles. The first-order chi connectivity index (χ1) is 13.4. The van der Waals surface area contributed by atoms with Crippen molar-refractivity contribution in [2.24, 2.45) is 0 Å². The highest BCUT2D eigenvalue weighted by Crippen LogP contribution is 2.17. The Balaban J connectivity index is 1.58. The second kappa shape index (κ2) is 8.99. The van der Waals surface area contributed by atoms with E-state index >= 15 is 0 Å². The Hall–Kier alpha value is -2.71. The van der Waals surface area contributed by atoms with E-state index in [2.05, 4.69) is 10.4 Å². The van der Waals surface area contributed by atoms with E-state index in [0.29, 0.717) is 32.1 Å². The summed E-state index contributed by atoms with van der Waals surface area (Å²) in [4.78, 5) is 28.3. The monoisotopic (exact) mass is 385 g/mol. The number of amides is 2. The topological polar surface area (TPSA) is 79.7 Å². The predicted octanol–water partition coefficient (Wildman–Crippen LogP) is 1.22. The van der Waals surface area contributed by atoms with E-state index in [1.54, 1.807) is 21.5 Å². The zero-order valence-corrected chi connectivity index (χ0v) is 16.6. The fraction of sp³-hybridized carbons (Fsp3) is 0.450. The second-order valence-corrected chi connectivity index (χ2v) is 7.13. The van der Waals surface area contributed by atoms with Crippen LogP contribution in [0.5, 0.6) is 0 Å². The minimum atomic E-state index is -0.189. The Bertz CT molecular complexity index is 825. The number of anilines is 1. The van der Waals surface area contributed by atoms with Crippen molar-refractivity contribution in [3.05, 3.63) is 41.6 Å². The molecule has 1 aromatic carbocycles. The molecule has 1 fully saturated rings. The Labute approximate surface area is 165 Å². The molecule has 2 heterocycles. The molecule has 150 valence electrons. The molecule has 1 aliphatic rings. The molecule has 1 N–H and O–H groups in total. The maximum atomic E-state index is 12.5. The summed E-state index contributed by atoms with van der Waals surface area (Å²) in [6.45, 7) is 6.57. The summed E-state index contributed by atoms with van der Waals surface area (Å²) in [5, 5.41) is 7.37. The summed E-state index contributed by atoms with van der Waals surface area (Å²) < 4.78 is 6.98. The average molecular weight is 385 g/mol. The van der Waals surface area contributed by atoms with Crippen molar-refractivity contribution in [1.29, 1.82) is 0 Å². The van der Waals surface area contributed by atoms with Gasteiger partial charge in [0.05, 0.1) is 37.7 Å². The van der Waals surface area contributed by atoms with Crippen LogP contribution in [0.4, 0.5) is 5.82 Å². The second-order valence-electron chi connectivity index (χ2n) is 7.13. The zero-order valence-electron chi connectivity index (χ0n) is 16.6. The van der Waals surface area contributed by atoms with Crippen LogP contribution in [0.2, 0.25) is 0 Å². The van der Waals surface area contributed by atoms with Gasteiger partial charge in [0, 0.05) is 19.2 Å². The van der Waals surface area contributed by atoms with Crippen LogP contribution < -0.4 is 5.32 Å². The lowest BCUT2D eigenvalue weighted by Gasteiger charge is -2.28. The van der Waals surface area contributed by atoms with Gasteiger partial charge in [0.15, 0.2) is 0 Å². The van der Waals surface area contributed by atoms with Gasteiger partial charge < -0.3 is 15.0 Å². The number of morpholine rings is 1. The van der Waals surface area contributed by atoms with Crippen LogP contribution in [0.25, 0.3) is 5.69 Å². The van der Waals surface area contributed by atoms with Crippen LogP contribution >= 0.6 is 0 Å². The van der Waals surface area contributed by atoms with E-state index in [9.17, 15) is 9.59 Å². The molecule has 8 heteroatoms. The average Bonchev–Trinajstić information content (AvgIpc) is 3.02. The van der Waals surface area contributed by atoms with Crippen LogP contribution in [0.3, 0.4) is 0 Å².